The molecule has 6 heteroatoms. The van der Waals surface area contributed by atoms with Crippen molar-refractivity contribution in [2.24, 2.45) is 11.8 Å². The molecule has 0 aromatic heterocycles. The lowest BCUT2D eigenvalue weighted by molar-refractivity contribution is 0.0781. The maximum Gasteiger partial charge on any atom is 0.254 e. The van der Waals surface area contributed by atoms with Crippen LogP contribution in [0.25, 0.3) is 0 Å². The first-order valence-corrected chi connectivity index (χ1v) is 6.89. The number of likely N-dealkylation sites (tertiary alicyclic amines) is 1. The summed E-state index contributed by atoms with van der Waals surface area (Å²) >= 11 is 3.22. The van der Waals surface area contributed by atoms with E-state index in [0.29, 0.717) is 21.9 Å². The largest absolute Gasteiger partial charge is 0.338 e. The molecule has 2 fully saturated rings. The Kier molecular flexibility index (Phi) is 4.48. The van der Waals surface area contributed by atoms with E-state index < -0.39 is 0 Å². The Morgan fingerprint density at radius 1 is 1.26 bits per heavy atom. The molecule has 0 bridgehead atoms. The van der Waals surface area contributed by atoms with Gasteiger partial charge in [-0.25, -0.2) is 4.39 Å². The number of nitrogens with zero attached hydrogens (tertiary/aromatic N) is 1. The van der Waals surface area contributed by atoms with Crippen molar-refractivity contribution >= 4 is 34.2 Å². The number of hydrogen-bond donors (Lipinski definition) is 1. The Bertz CT molecular complexity index is 467. The van der Waals surface area contributed by atoms with Crippen LogP contribution >= 0.6 is 28.3 Å². The molecule has 2 saturated heterocycles. The van der Waals surface area contributed by atoms with E-state index in [2.05, 4.69) is 21.2 Å². The van der Waals surface area contributed by atoms with Crippen molar-refractivity contribution in [1.29, 1.82) is 0 Å². The van der Waals surface area contributed by atoms with Gasteiger partial charge in [-0.3, -0.25) is 4.79 Å². The van der Waals surface area contributed by atoms with Crippen molar-refractivity contribution in [1.82, 2.24) is 10.2 Å². The lowest BCUT2D eigenvalue weighted by Crippen LogP contribution is -2.31. The van der Waals surface area contributed by atoms with E-state index in [1.54, 1.807) is 6.07 Å². The molecule has 0 radical (unpaired) electrons. The normalized spacial score (nSPS) is 25.1. The highest BCUT2D eigenvalue weighted by Crippen LogP contribution is 2.28. The Balaban J connectivity index is 0.00000133. The summed E-state index contributed by atoms with van der Waals surface area (Å²) in [6.45, 7) is 3.54. The van der Waals surface area contributed by atoms with Crippen molar-refractivity contribution in [3.8, 4) is 0 Å². The van der Waals surface area contributed by atoms with Gasteiger partial charge in [0.25, 0.3) is 5.91 Å². The van der Waals surface area contributed by atoms with E-state index in [9.17, 15) is 9.18 Å². The smallest absolute Gasteiger partial charge is 0.254 e. The van der Waals surface area contributed by atoms with E-state index in [1.807, 2.05) is 4.90 Å². The predicted octanol–water partition coefficient (Wildman–Crippen LogP) is 2.30. The third kappa shape index (κ3) is 2.93. The van der Waals surface area contributed by atoms with Crippen molar-refractivity contribution in [2.45, 2.75) is 0 Å². The molecule has 0 aliphatic carbocycles. The topological polar surface area (TPSA) is 32.3 Å². The molecule has 19 heavy (non-hydrogen) atoms. The van der Waals surface area contributed by atoms with Gasteiger partial charge in [0.05, 0.1) is 0 Å². The molecule has 2 aliphatic heterocycles. The van der Waals surface area contributed by atoms with Crippen LogP contribution in [-0.4, -0.2) is 37.0 Å². The average molecular weight is 350 g/mol. The highest BCUT2D eigenvalue weighted by molar-refractivity contribution is 9.10. The number of halogens is 3. The standard InChI is InChI=1S/C13H14BrFN2O.ClH/c14-11-1-8(2-12(15)3-11)13(18)17-6-9-4-16-5-10(9)7-17;/h1-3,9-10,16H,4-7H2;1H/t9-,10+;. The molecular weight excluding hydrogens is 335 g/mol. The van der Waals surface area contributed by atoms with Crippen LogP contribution in [0.5, 0.6) is 0 Å². The summed E-state index contributed by atoms with van der Waals surface area (Å²) in [6.07, 6.45) is 0. The first-order valence-electron chi connectivity index (χ1n) is 6.09. The van der Waals surface area contributed by atoms with Crippen LogP contribution in [0.4, 0.5) is 4.39 Å². The minimum atomic E-state index is -0.381. The van der Waals surface area contributed by atoms with Crippen LogP contribution in [0.1, 0.15) is 10.4 Å². The number of carbonyl (C=O) groups excluding carboxylic acids is 1. The Hall–Kier alpha value is -0.650. The first kappa shape index (κ1) is 14.8. The number of fused-ring (bicyclic) bond motifs is 1. The zero-order valence-electron chi connectivity index (χ0n) is 10.2. The molecular formula is C13H15BrClFN2O. The van der Waals surface area contributed by atoms with Crippen LogP contribution in [0.15, 0.2) is 22.7 Å². The first-order chi connectivity index (χ1) is 8.63. The number of carbonyl (C=O) groups is 1. The fraction of sp³-hybridized carbons (Fsp3) is 0.462. The molecule has 104 valence electrons. The molecule has 3 nitrogen and oxygen atoms in total. The van der Waals surface area contributed by atoms with Crippen LogP contribution in [0.2, 0.25) is 0 Å². The van der Waals surface area contributed by atoms with Gasteiger partial charge < -0.3 is 10.2 Å². The van der Waals surface area contributed by atoms with E-state index in [4.69, 9.17) is 0 Å². The van der Waals surface area contributed by atoms with Gasteiger partial charge in [0.15, 0.2) is 0 Å². The summed E-state index contributed by atoms with van der Waals surface area (Å²) in [5, 5.41) is 3.34. The number of benzene rings is 1. The van der Waals surface area contributed by atoms with E-state index in [1.165, 1.54) is 12.1 Å². The third-order valence-corrected chi connectivity index (χ3v) is 4.24. The van der Waals surface area contributed by atoms with E-state index >= 15 is 0 Å². The lowest BCUT2D eigenvalue weighted by atomic mass is 10.0. The molecule has 3 rings (SSSR count). The van der Waals surface area contributed by atoms with Gasteiger partial charge in [-0.05, 0) is 30.0 Å². The van der Waals surface area contributed by atoms with Gasteiger partial charge in [-0.1, -0.05) is 15.9 Å². The minimum Gasteiger partial charge on any atom is -0.338 e. The van der Waals surface area contributed by atoms with Gasteiger partial charge in [0.2, 0.25) is 0 Å². The molecule has 1 aromatic rings. The predicted molar refractivity (Wildman–Crippen MR) is 77.1 cm³/mol. The molecule has 0 saturated carbocycles. The number of amides is 1. The van der Waals surface area contributed by atoms with Gasteiger partial charge >= 0.3 is 0 Å². The fourth-order valence-electron chi connectivity index (χ4n) is 2.88. The number of rotatable bonds is 1. The SMILES string of the molecule is Cl.O=C(c1cc(F)cc(Br)c1)N1C[C@H]2CNC[C@H]2C1. The summed E-state index contributed by atoms with van der Waals surface area (Å²) in [5.74, 6) is 0.676. The second-order valence-electron chi connectivity index (χ2n) is 5.05. The van der Waals surface area contributed by atoms with E-state index in [-0.39, 0.29) is 24.1 Å². The monoisotopic (exact) mass is 348 g/mol. The lowest BCUT2D eigenvalue weighted by Gasteiger charge is -2.17. The summed E-state index contributed by atoms with van der Waals surface area (Å²) in [5.41, 5.74) is 0.426. The van der Waals surface area contributed by atoms with Crippen molar-refractivity contribution in [3.05, 3.63) is 34.1 Å². The van der Waals surface area contributed by atoms with Crippen molar-refractivity contribution in [3.63, 3.8) is 0 Å². The van der Waals surface area contributed by atoms with Gasteiger partial charge in [0, 0.05) is 36.2 Å². The molecule has 1 amide bonds. The Morgan fingerprint density at radius 3 is 2.47 bits per heavy atom. The van der Waals surface area contributed by atoms with Gasteiger partial charge in [0.1, 0.15) is 5.82 Å². The highest BCUT2D eigenvalue weighted by Gasteiger charge is 2.38. The summed E-state index contributed by atoms with van der Waals surface area (Å²) < 4.78 is 13.9. The second kappa shape index (κ2) is 5.77. The summed E-state index contributed by atoms with van der Waals surface area (Å²) in [6, 6.07) is 4.34. The van der Waals surface area contributed by atoms with Crippen LogP contribution < -0.4 is 5.32 Å². The summed E-state index contributed by atoms with van der Waals surface area (Å²) in [4.78, 5) is 14.1. The van der Waals surface area contributed by atoms with Crippen LogP contribution in [-0.2, 0) is 0 Å². The number of nitrogens with one attached hydrogen (secondary N) is 1. The maximum atomic E-state index is 13.3. The zero-order valence-corrected chi connectivity index (χ0v) is 12.6. The van der Waals surface area contributed by atoms with Crippen LogP contribution in [0.3, 0.4) is 0 Å². The third-order valence-electron chi connectivity index (χ3n) is 3.79. The van der Waals surface area contributed by atoms with Gasteiger partial charge in [-0.15, -0.1) is 12.4 Å². The Morgan fingerprint density at radius 2 is 1.89 bits per heavy atom. The average Bonchev–Trinajstić information content (AvgIpc) is 2.86. The highest BCUT2D eigenvalue weighted by atomic mass is 79.9. The second-order valence-corrected chi connectivity index (χ2v) is 5.96. The molecule has 2 heterocycles. The Labute approximate surface area is 126 Å². The molecule has 0 unspecified atom stereocenters. The van der Waals surface area contributed by atoms with Crippen LogP contribution in [0, 0.1) is 17.7 Å². The quantitative estimate of drug-likeness (QED) is 0.844. The molecule has 1 N–H and O–H groups in total. The molecule has 2 aliphatic rings. The van der Waals surface area contributed by atoms with E-state index in [0.717, 1.165) is 26.2 Å². The zero-order chi connectivity index (χ0) is 12.7. The fourth-order valence-corrected chi connectivity index (χ4v) is 3.35. The number of hydrogen-bond acceptors (Lipinski definition) is 2. The molecule has 0 spiro atoms. The molecule has 1 aromatic carbocycles. The summed E-state index contributed by atoms with van der Waals surface area (Å²) in [7, 11) is 0. The van der Waals surface area contributed by atoms with Crippen molar-refractivity contribution < 1.29 is 9.18 Å². The van der Waals surface area contributed by atoms with Crippen molar-refractivity contribution in [2.75, 3.05) is 26.2 Å². The maximum absolute atomic E-state index is 13.3. The minimum absolute atomic E-state index is 0. The molecule has 2 atom stereocenters. The van der Waals surface area contributed by atoms with Gasteiger partial charge in [-0.2, -0.15) is 0 Å².